The van der Waals surface area contributed by atoms with Gasteiger partial charge in [0.1, 0.15) is 17.9 Å². The highest BCUT2D eigenvalue weighted by Gasteiger charge is 2.41. The van der Waals surface area contributed by atoms with E-state index in [9.17, 15) is 15.0 Å². The predicted octanol–water partition coefficient (Wildman–Crippen LogP) is 3.99. The van der Waals surface area contributed by atoms with Gasteiger partial charge in [0.15, 0.2) is 23.7 Å². The molecule has 0 bridgehead atoms. The van der Waals surface area contributed by atoms with Crippen LogP contribution in [0.1, 0.15) is 66.4 Å². The van der Waals surface area contributed by atoms with E-state index in [0.29, 0.717) is 29.0 Å². The average molecular weight is 457 g/mol. The van der Waals surface area contributed by atoms with E-state index >= 15 is 0 Å². The first-order valence-corrected chi connectivity index (χ1v) is 10.9. The topological polar surface area (TPSA) is 105 Å². The molecule has 0 spiro atoms. The van der Waals surface area contributed by atoms with Gasteiger partial charge in [-0.15, -0.1) is 0 Å². The summed E-state index contributed by atoms with van der Waals surface area (Å²) < 4.78 is 17.9. The molecule has 0 aromatic heterocycles. The van der Waals surface area contributed by atoms with Gasteiger partial charge in [-0.2, -0.15) is 0 Å². The van der Waals surface area contributed by atoms with Crippen molar-refractivity contribution in [3.63, 3.8) is 0 Å². The molecule has 33 heavy (non-hydrogen) atoms. The summed E-state index contributed by atoms with van der Waals surface area (Å²) in [7, 11) is 1.00. The predicted molar refractivity (Wildman–Crippen MR) is 124 cm³/mol. The first-order valence-electron chi connectivity index (χ1n) is 10.9. The number of phenolic OH excluding ortho intramolecular Hbond substituents is 1. The molecule has 2 atom stereocenters. The van der Waals surface area contributed by atoms with Gasteiger partial charge in [0.25, 0.3) is 0 Å². The number of carbonyl (C=O) groups excluding carboxylic acids is 1. The third-order valence-corrected chi connectivity index (χ3v) is 5.68. The summed E-state index contributed by atoms with van der Waals surface area (Å²) in [6.45, 7) is 9.50. The lowest BCUT2D eigenvalue weighted by Gasteiger charge is -2.35. The summed E-state index contributed by atoms with van der Waals surface area (Å²) in [5.74, 6) is 0.330. The molecule has 2 aromatic rings. The number of allylic oxidation sites excluding steroid dienone is 2. The summed E-state index contributed by atoms with van der Waals surface area (Å²) in [5, 5.41) is 27.9. The Morgan fingerprint density at radius 2 is 1.88 bits per heavy atom. The van der Waals surface area contributed by atoms with Crippen LogP contribution in [0.5, 0.6) is 17.2 Å². The molecule has 0 saturated carbocycles. The van der Waals surface area contributed by atoms with Crippen LogP contribution in [0.15, 0.2) is 35.9 Å². The zero-order valence-electron chi connectivity index (χ0n) is 19.9. The van der Waals surface area contributed by atoms with Gasteiger partial charge in [-0.3, -0.25) is 0 Å². The second kappa shape index (κ2) is 9.45. The van der Waals surface area contributed by atoms with Crippen molar-refractivity contribution >= 4 is 5.97 Å². The molecule has 2 aliphatic rings. The smallest absolute Gasteiger partial charge is 0.343 e. The number of fused-ring (bicyclic) bond motifs is 2. The van der Waals surface area contributed by atoms with E-state index in [1.807, 2.05) is 39.0 Å². The summed E-state index contributed by atoms with van der Waals surface area (Å²) >= 11 is 0. The molecule has 7 nitrogen and oxygen atoms in total. The van der Waals surface area contributed by atoms with Crippen LogP contribution in [0.4, 0.5) is 0 Å². The Bertz CT molecular complexity index is 1080. The molecule has 0 aliphatic carbocycles. The fourth-order valence-corrected chi connectivity index (χ4v) is 3.99. The maximum atomic E-state index is 12.7. The van der Waals surface area contributed by atoms with Crippen LogP contribution < -0.4 is 9.47 Å². The van der Waals surface area contributed by atoms with Crippen molar-refractivity contribution < 1.29 is 34.3 Å². The largest absolute Gasteiger partial charge is 0.507 e. The molecule has 2 aromatic carbocycles. The van der Waals surface area contributed by atoms with E-state index < -0.39 is 23.8 Å². The summed E-state index contributed by atoms with van der Waals surface area (Å²) in [6.07, 6.45) is 1.36. The number of aromatic hydroxyl groups is 1. The standard InChI is InChI=1S/C25H28O6.CH4O/c1-13(2)6-7-15-8-9-17(26)21-20(15)23(31-24(21)27)16-10-14(3)11-18-22(16)30-19(12-29-18)25(4,5)28;1-2/h6,8-11,19,23,26,28H,7,12H2,1-5H3;2H,1H3/t19-,23+;/m0./s1. The van der Waals surface area contributed by atoms with Crippen molar-refractivity contribution in [2.45, 2.75) is 58.8 Å². The first kappa shape index (κ1) is 24.6. The van der Waals surface area contributed by atoms with E-state index in [0.717, 1.165) is 23.8 Å². The molecule has 0 unspecified atom stereocenters. The van der Waals surface area contributed by atoms with Crippen molar-refractivity contribution in [2.24, 2.45) is 0 Å². The van der Waals surface area contributed by atoms with Crippen LogP contribution in [0, 0.1) is 6.92 Å². The fraction of sp³-hybridized carbons (Fsp3) is 0.423. The molecule has 7 heteroatoms. The van der Waals surface area contributed by atoms with Gasteiger partial charge in [0.05, 0.1) is 5.60 Å². The molecule has 178 valence electrons. The second-order valence-electron chi connectivity index (χ2n) is 9.06. The Labute approximate surface area is 194 Å². The van der Waals surface area contributed by atoms with E-state index in [1.54, 1.807) is 13.8 Å². The average Bonchev–Trinajstić information content (AvgIpc) is 3.11. The monoisotopic (exact) mass is 456 g/mol. The highest BCUT2D eigenvalue weighted by Crippen LogP contribution is 2.49. The van der Waals surface area contributed by atoms with Gasteiger partial charge in [-0.05, 0) is 70.4 Å². The highest BCUT2D eigenvalue weighted by molar-refractivity contribution is 5.98. The van der Waals surface area contributed by atoms with E-state index in [2.05, 4.69) is 6.08 Å². The molecule has 0 fully saturated rings. The van der Waals surface area contributed by atoms with Crippen molar-refractivity contribution in [3.05, 3.63) is 63.7 Å². The number of ether oxygens (including phenoxy) is 3. The Kier molecular flexibility index (Phi) is 7.05. The number of esters is 1. The number of aliphatic hydroxyl groups is 2. The molecule has 0 saturated heterocycles. The lowest BCUT2D eigenvalue weighted by Crippen LogP contribution is -2.46. The molecular formula is C26H32O7. The fourth-order valence-electron chi connectivity index (χ4n) is 3.99. The minimum Gasteiger partial charge on any atom is -0.507 e. The summed E-state index contributed by atoms with van der Waals surface area (Å²) in [6, 6.07) is 7.12. The lowest BCUT2D eigenvalue weighted by molar-refractivity contribution is -0.0665. The second-order valence-corrected chi connectivity index (χ2v) is 9.06. The number of aliphatic hydroxyl groups excluding tert-OH is 1. The number of carbonyl (C=O) groups is 1. The van der Waals surface area contributed by atoms with Crippen molar-refractivity contribution in [2.75, 3.05) is 13.7 Å². The number of rotatable bonds is 4. The van der Waals surface area contributed by atoms with Gasteiger partial charge in [-0.1, -0.05) is 17.7 Å². The van der Waals surface area contributed by atoms with Crippen LogP contribution >= 0.6 is 0 Å². The number of benzene rings is 2. The molecule has 0 radical (unpaired) electrons. The van der Waals surface area contributed by atoms with Crippen LogP contribution in [-0.2, 0) is 11.2 Å². The van der Waals surface area contributed by atoms with Gasteiger partial charge in [0, 0.05) is 18.2 Å². The Morgan fingerprint density at radius 1 is 1.18 bits per heavy atom. The van der Waals surface area contributed by atoms with E-state index in [4.69, 9.17) is 19.3 Å². The van der Waals surface area contributed by atoms with Crippen molar-refractivity contribution in [1.82, 2.24) is 0 Å². The maximum Gasteiger partial charge on any atom is 0.343 e. The molecule has 2 heterocycles. The summed E-state index contributed by atoms with van der Waals surface area (Å²) in [5.41, 5.74) is 3.34. The van der Waals surface area contributed by atoms with Crippen LogP contribution in [0.25, 0.3) is 0 Å². The minimum atomic E-state index is -1.11. The summed E-state index contributed by atoms with van der Waals surface area (Å²) in [4.78, 5) is 12.7. The number of hydrogen-bond donors (Lipinski definition) is 3. The Hall–Kier alpha value is -3.03. The number of hydrogen-bond acceptors (Lipinski definition) is 7. The maximum absolute atomic E-state index is 12.7. The molecule has 4 rings (SSSR count). The Balaban J connectivity index is 0.00000149. The van der Waals surface area contributed by atoms with Gasteiger partial charge < -0.3 is 29.5 Å². The molecule has 0 amide bonds. The van der Waals surface area contributed by atoms with Gasteiger partial charge in [-0.25, -0.2) is 4.79 Å². The highest BCUT2D eigenvalue weighted by atomic mass is 16.6. The third kappa shape index (κ3) is 4.84. The zero-order valence-corrected chi connectivity index (χ0v) is 19.9. The number of cyclic esters (lactones) is 1. The van der Waals surface area contributed by atoms with Gasteiger partial charge >= 0.3 is 5.97 Å². The van der Waals surface area contributed by atoms with E-state index in [-0.39, 0.29) is 17.9 Å². The normalized spacial score (nSPS) is 18.6. The zero-order chi connectivity index (χ0) is 24.5. The lowest BCUT2D eigenvalue weighted by atomic mass is 9.90. The van der Waals surface area contributed by atoms with Crippen molar-refractivity contribution in [1.29, 1.82) is 0 Å². The van der Waals surface area contributed by atoms with E-state index in [1.165, 1.54) is 6.07 Å². The number of aryl methyl sites for hydroxylation is 1. The molecular weight excluding hydrogens is 424 g/mol. The van der Waals surface area contributed by atoms with Crippen molar-refractivity contribution in [3.8, 4) is 17.2 Å². The molecule has 3 N–H and O–H groups in total. The van der Waals surface area contributed by atoms with Gasteiger partial charge in [0.2, 0.25) is 0 Å². The molecule has 2 aliphatic heterocycles. The SMILES string of the molecule is CC(C)=CCc1ccc(O)c2c1[C@@H](c1cc(C)cc3c1O[C@H](C(C)(C)O)CO3)OC2=O.CO. The van der Waals surface area contributed by atoms with Crippen LogP contribution in [0.3, 0.4) is 0 Å². The number of phenols is 1. The minimum absolute atomic E-state index is 0.100. The Morgan fingerprint density at radius 3 is 2.52 bits per heavy atom. The first-order chi connectivity index (χ1) is 15.6. The quantitative estimate of drug-likeness (QED) is 0.472. The van der Waals surface area contributed by atoms with Crippen LogP contribution in [-0.4, -0.2) is 46.7 Å². The van der Waals surface area contributed by atoms with Crippen LogP contribution in [0.2, 0.25) is 0 Å². The third-order valence-electron chi connectivity index (χ3n) is 5.68.